The summed E-state index contributed by atoms with van der Waals surface area (Å²) in [6.07, 6.45) is 7.58. The first kappa shape index (κ1) is 10.5. The first-order chi connectivity index (χ1) is 8.25. The van der Waals surface area contributed by atoms with Crippen molar-refractivity contribution in [2.45, 2.75) is 0 Å². The van der Waals surface area contributed by atoms with Crippen molar-refractivity contribution in [1.82, 2.24) is 14.8 Å². The van der Waals surface area contributed by atoms with E-state index in [0.29, 0.717) is 0 Å². The minimum Gasteiger partial charge on any atom is -0.275 e. The van der Waals surface area contributed by atoms with E-state index < -0.39 is 0 Å². The number of hydrogen-bond donors (Lipinski definition) is 0. The highest BCUT2D eigenvalue weighted by molar-refractivity contribution is 9.10. The molecule has 84 valence electrons. The quantitative estimate of drug-likeness (QED) is 0.687. The fourth-order valence-corrected chi connectivity index (χ4v) is 2.44. The molecule has 2 heterocycles. The van der Waals surface area contributed by atoms with Crippen LogP contribution in [0.25, 0.3) is 21.9 Å². The third kappa shape index (κ3) is 1.74. The lowest BCUT2D eigenvalue weighted by Crippen LogP contribution is -1.85. The molecule has 1 aromatic carbocycles. The van der Waals surface area contributed by atoms with Crippen LogP contribution >= 0.6 is 15.9 Å². The topological polar surface area (TPSA) is 30.7 Å². The van der Waals surface area contributed by atoms with Crippen LogP contribution in [0.3, 0.4) is 0 Å². The van der Waals surface area contributed by atoms with Crippen LogP contribution in [0.5, 0.6) is 0 Å². The largest absolute Gasteiger partial charge is 0.275 e. The summed E-state index contributed by atoms with van der Waals surface area (Å²) >= 11 is 3.56. The van der Waals surface area contributed by atoms with E-state index in [-0.39, 0.29) is 0 Å². The second-order valence-corrected chi connectivity index (χ2v) is 4.77. The molecule has 2 aromatic heterocycles. The number of rotatable bonds is 1. The summed E-state index contributed by atoms with van der Waals surface area (Å²) < 4.78 is 2.89. The number of nitrogens with zero attached hydrogens (tertiary/aromatic N) is 3. The molecule has 0 bridgehead atoms. The van der Waals surface area contributed by atoms with Crippen LogP contribution in [-0.2, 0) is 7.05 Å². The van der Waals surface area contributed by atoms with E-state index in [1.165, 1.54) is 5.39 Å². The molecule has 0 fully saturated rings. The molecule has 0 spiro atoms. The number of pyridine rings is 1. The monoisotopic (exact) mass is 287 g/mol. The maximum atomic E-state index is 4.21. The third-order valence-electron chi connectivity index (χ3n) is 2.78. The zero-order valence-corrected chi connectivity index (χ0v) is 10.8. The Morgan fingerprint density at radius 1 is 1.12 bits per heavy atom. The van der Waals surface area contributed by atoms with Crippen molar-refractivity contribution in [3.8, 4) is 11.1 Å². The third-order valence-corrected chi connectivity index (χ3v) is 3.47. The Morgan fingerprint density at radius 3 is 2.76 bits per heavy atom. The van der Waals surface area contributed by atoms with E-state index in [9.17, 15) is 0 Å². The highest BCUT2D eigenvalue weighted by Crippen LogP contribution is 2.32. The fourth-order valence-electron chi connectivity index (χ4n) is 1.97. The molecule has 17 heavy (non-hydrogen) atoms. The van der Waals surface area contributed by atoms with Gasteiger partial charge in [-0.25, -0.2) is 0 Å². The number of aryl methyl sites for hydroxylation is 1. The van der Waals surface area contributed by atoms with E-state index >= 15 is 0 Å². The smallest absolute Gasteiger partial charge is 0.0568 e. The van der Waals surface area contributed by atoms with Gasteiger partial charge in [-0.1, -0.05) is 22.0 Å². The van der Waals surface area contributed by atoms with Crippen molar-refractivity contribution >= 4 is 26.7 Å². The Labute approximate surface area is 107 Å². The van der Waals surface area contributed by atoms with E-state index in [4.69, 9.17) is 0 Å². The maximum Gasteiger partial charge on any atom is 0.0568 e. The summed E-state index contributed by atoms with van der Waals surface area (Å²) in [6, 6.07) is 6.16. The molecule has 0 atom stereocenters. The molecule has 0 aliphatic rings. The lowest BCUT2D eigenvalue weighted by Gasteiger charge is -2.05. The van der Waals surface area contributed by atoms with E-state index in [1.807, 2.05) is 31.7 Å². The Hall–Kier alpha value is -1.68. The van der Waals surface area contributed by atoms with Crippen LogP contribution in [-0.4, -0.2) is 14.8 Å². The van der Waals surface area contributed by atoms with E-state index in [2.05, 4.69) is 38.1 Å². The molecule has 0 amide bonds. The normalized spacial score (nSPS) is 10.9. The second kappa shape index (κ2) is 3.96. The van der Waals surface area contributed by atoms with Gasteiger partial charge in [0.25, 0.3) is 0 Å². The molecule has 0 saturated carbocycles. The van der Waals surface area contributed by atoms with Crippen LogP contribution in [0.4, 0.5) is 0 Å². The Bertz CT molecular complexity index is 688. The van der Waals surface area contributed by atoms with Crippen molar-refractivity contribution in [2.75, 3.05) is 0 Å². The fraction of sp³-hybridized carbons (Fsp3) is 0.0769. The zero-order valence-electron chi connectivity index (χ0n) is 9.26. The molecule has 0 saturated heterocycles. The molecule has 3 nitrogen and oxygen atoms in total. The standard InChI is InChI=1S/C13H10BrN3/c1-17-8-9(6-16-17)10-2-3-13(14)11-4-5-15-7-12(10)11/h2-8H,1H3. The number of aromatic nitrogens is 3. The lowest BCUT2D eigenvalue weighted by atomic mass is 10.0. The van der Waals surface area contributed by atoms with Gasteiger partial charge in [-0.3, -0.25) is 9.67 Å². The van der Waals surface area contributed by atoms with Crippen molar-refractivity contribution in [1.29, 1.82) is 0 Å². The molecule has 0 N–H and O–H groups in total. The molecular formula is C13H10BrN3. The molecule has 3 rings (SSSR count). The summed E-state index contributed by atoms with van der Waals surface area (Å²) in [6.45, 7) is 0. The summed E-state index contributed by atoms with van der Waals surface area (Å²) in [4.78, 5) is 4.20. The Balaban J connectivity index is 2.34. The second-order valence-electron chi connectivity index (χ2n) is 3.92. The molecule has 4 heteroatoms. The first-order valence-electron chi connectivity index (χ1n) is 5.27. The van der Waals surface area contributed by atoms with Crippen molar-refractivity contribution < 1.29 is 0 Å². The highest BCUT2D eigenvalue weighted by Gasteiger charge is 2.07. The molecule has 0 aliphatic carbocycles. The van der Waals surface area contributed by atoms with Gasteiger partial charge in [-0.2, -0.15) is 5.10 Å². The Morgan fingerprint density at radius 2 is 2.00 bits per heavy atom. The summed E-state index contributed by atoms with van der Waals surface area (Å²) in [5.74, 6) is 0. The van der Waals surface area contributed by atoms with E-state index in [1.54, 1.807) is 10.9 Å². The first-order valence-corrected chi connectivity index (χ1v) is 6.06. The predicted molar refractivity (Wildman–Crippen MR) is 71.6 cm³/mol. The average molecular weight is 288 g/mol. The van der Waals surface area contributed by atoms with E-state index in [0.717, 1.165) is 21.0 Å². The van der Waals surface area contributed by atoms with Gasteiger partial charge in [-0.05, 0) is 23.1 Å². The summed E-state index contributed by atoms with van der Waals surface area (Å²) in [5.41, 5.74) is 2.27. The van der Waals surface area contributed by atoms with Gasteiger partial charge in [0.05, 0.1) is 6.20 Å². The lowest BCUT2D eigenvalue weighted by molar-refractivity contribution is 0.768. The Kier molecular flexibility index (Phi) is 2.44. The minimum absolute atomic E-state index is 1.09. The van der Waals surface area contributed by atoms with Gasteiger partial charge in [0, 0.05) is 41.1 Å². The van der Waals surface area contributed by atoms with Crippen LogP contribution in [0.15, 0.2) is 47.5 Å². The predicted octanol–water partition coefficient (Wildman–Crippen LogP) is 3.40. The zero-order chi connectivity index (χ0) is 11.8. The highest BCUT2D eigenvalue weighted by atomic mass is 79.9. The van der Waals surface area contributed by atoms with Crippen LogP contribution < -0.4 is 0 Å². The summed E-state index contributed by atoms with van der Waals surface area (Å²) in [7, 11) is 1.92. The SMILES string of the molecule is Cn1cc(-c2ccc(Br)c3ccncc23)cn1. The molecular weight excluding hydrogens is 278 g/mol. The van der Waals surface area contributed by atoms with Gasteiger partial charge in [-0.15, -0.1) is 0 Å². The van der Waals surface area contributed by atoms with Gasteiger partial charge in [0.15, 0.2) is 0 Å². The number of benzene rings is 1. The van der Waals surface area contributed by atoms with Crippen molar-refractivity contribution in [3.63, 3.8) is 0 Å². The van der Waals surface area contributed by atoms with Gasteiger partial charge < -0.3 is 0 Å². The van der Waals surface area contributed by atoms with Crippen molar-refractivity contribution in [2.24, 2.45) is 7.05 Å². The van der Waals surface area contributed by atoms with Gasteiger partial charge in [0.2, 0.25) is 0 Å². The van der Waals surface area contributed by atoms with Crippen LogP contribution in [0.1, 0.15) is 0 Å². The van der Waals surface area contributed by atoms with Gasteiger partial charge in [0.1, 0.15) is 0 Å². The van der Waals surface area contributed by atoms with Crippen LogP contribution in [0, 0.1) is 0 Å². The average Bonchev–Trinajstić information content (AvgIpc) is 2.77. The maximum absolute atomic E-state index is 4.21. The molecule has 0 radical (unpaired) electrons. The van der Waals surface area contributed by atoms with Gasteiger partial charge >= 0.3 is 0 Å². The minimum atomic E-state index is 1.09. The number of hydrogen-bond acceptors (Lipinski definition) is 2. The molecule has 0 unspecified atom stereocenters. The molecule has 0 aliphatic heterocycles. The number of halogens is 1. The molecule has 3 aromatic rings. The number of fused-ring (bicyclic) bond motifs is 1. The summed E-state index contributed by atoms with van der Waals surface area (Å²) in [5, 5.41) is 6.51. The van der Waals surface area contributed by atoms with Crippen molar-refractivity contribution in [3.05, 3.63) is 47.5 Å². The van der Waals surface area contributed by atoms with Crippen LogP contribution in [0.2, 0.25) is 0 Å².